The molecule has 0 fully saturated rings. The number of hydrogen-bond acceptors (Lipinski definition) is 1. The highest BCUT2D eigenvalue weighted by Crippen LogP contribution is 2.43. The maximum absolute atomic E-state index is 2.46. The molecule has 0 aliphatic rings. The minimum absolute atomic E-state index is 1.18. The second-order valence-corrected chi connectivity index (χ2v) is 13.1. The molecule has 0 radical (unpaired) electrons. The van der Waals surface area contributed by atoms with Gasteiger partial charge in [-0.05, 0) is 70.1 Å². The van der Waals surface area contributed by atoms with E-state index in [1.165, 1.54) is 96.4 Å². The van der Waals surface area contributed by atoms with E-state index in [9.17, 15) is 0 Å². The SMILES string of the molecule is c1cc2c3cccc(c3)n3c4ccccc4c4c5c6ccccc6n(c6cccc(c6)c6cccc7c(c1)c2sc67)c5ccc43. The summed E-state index contributed by atoms with van der Waals surface area (Å²) in [4.78, 5) is 0. The third-order valence-electron chi connectivity index (χ3n) is 9.83. The molecule has 4 aromatic heterocycles. The molecule has 8 bridgehead atoms. The zero-order valence-electron chi connectivity index (χ0n) is 24.2. The molecule has 208 valence electrons. The van der Waals surface area contributed by atoms with Crippen LogP contribution in [0.1, 0.15) is 0 Å². The fourth-order valence-corrected chi connectivity index (χ4v) is 9.35. The first-order valence-electron chi connectivity index (χ1n) is 15.4. The highest BCUT2D eigenvalue weighted by atomic mass is 32.1. The number of aromatic nitrogens is 2. The zero-order valence-corrected chi connectivity index (χ0v) is 25.0. The summed E-state index contributed by atoms with van der Waals surface area (Å²) in [6.07, 6.45) is 0. The Balaban J connectivity index is 1.54. The van der Waals surface area contributed by atoms with Crippen molar-refractivity contribution in [2.24, 2.45) is 0 Å². The van der Waals surface area contributed by atoms with Crippen LogP contribution in [0, 0.1) is 0 Å². The van der Waals surface area contributed by atoms with Crippen molar-refractivity contribution in [2.75, 3.05) is 0 Å². The fraction of sp³-hybridized carbons (Fsp3) is 0. The summed E-state index contributed by atoms with van der Waals surface area (Å²) in [5.41, 5.74) is 7.26. The molecule has 0 saturated carbocycles. The molecule has 0 unspecified atom stereocenters. The van der Waals surface area contributed by atoms with Gasteiger partial charge >= 0.3 is 0 Å². The first-order valence-corrected chi connectivity index (χ1v) is 16.3. The number of nitrogens with zero attached hydrogens (tertiary/aromatic N) is 2. The largest absolute Gasteiger partial charge is 0.309 e. The van der Waals surface area contributed by atoms with Crippen molar-refractivity contribution in [3.63, 3.8) is 0 Å². The maximum Gasteiger partial charge on any atom is 0.0548 e. The Morgan fingerprint density at radius 3 is 1.27 bits per heavy atom. The number of para-hydroxylation sites is 2. The van der Waals surface area contributed by atoms with Gasteiger partial charge in [0.05, 0.1) is 22.1 Å². The minimum Gasteiger partial charge on any atom is -0.309 e. The highest BCUT2D eigenvalue weighted by molar-refractivity contribution is 7.27. The van der Waals surface area contributed by atoms with E-state index in [2.05, 4.69) is 154 Å². The lowest BCUT2D eigenvalue weighted by Gasteiger charge is -2.04. The molecule has 45 heavy (non-hydrogen) atoms. The molecule has 11 aromatic rings. The number of rotatable bonds is 0. The van der Waals surface area contributed by atoms with Crippen molar-refractivity contribution < 1.29 is 0 Å². The monoisotopic (exact) mass is 588 g/mol. The van der Waals surface area contributed by atoms with Gasteiger partial charge in [-0.1, -0.05) is 97.1 Å². The Bertz CT molecular complexity index is 2890. The molecule has 0 amide bonds. The Morgan fingerprint density at radius 2 is 0.756 bits per heavy atom. The molecular formula is C42H24N2S. The predicted molar refractivity (Wildman–Crippen MR) is 195 cm³/mol. The molecule has 0 aliphatic carbocycles. The van der Waals surface area contributed by atoms with Crippen molar-refractivity contribution in [1.82, 2.24) is 8.80 Å². The van der Waals surface area contributed by atoms with Gasteiger partial charge in [0, 0.05) is 52.8 Å². The van der Waals surface area contributed by atoms with Gasteiger partial charge in [-0.25, -0.2) is 0 Å². The van der Waals surface area contributed by atoms with E-state index < -0.39 is 0 Å². The van der Waals surface area contributed by atoms with E-state index >= 15 is 0 Å². The lowest BCUT2D eigenvalue weighted by Crippen LogP contribution is -1.86. The van der Waals surface area contributed by atoms with E-state index in [0.29, 0.717) is 0 Å². The molecule has 4 heterocycles. The third kappa shape index (κ3) is 3.03. The first-order chi connectivity index (χ1) is 22.3. The Kier molecular flexibility index (Phi) is 4.49. The van der Waals surface area contributed by atoms with Gasteiger partial charge in [0.2, 0.25) is 0 Å². The van der Waals surface area contributed by atoms with Gasteiger partial charge in [0.1, 0.15) is 0 Å². The van der Waals surface area contributed by atoms with Crippen LogP contribution in [0.25, 0.3) is 96.4 Å². The van der Waals surface area contributed by atoms with Crippen LogP contribution in [0.2, 0.25) is 0 Å². The predicted octanol–water partition coefficient (Wildman–Crippen LogP) is 12.0. The molecule has 3 heteroatoms. The smallest absolute Gasteiger partial charge is 0.0548 e. The van der Waals surface area contributed by atoms with Gasteiger partial charge in [-0.3, -0.25) is 0 Å². The number of hydrogen-bond donors (Lipinski definition) is 0. The minimum atomic E-state index is 1.18. The van der Waals surface area contributed by atoms with E-state index in [0.717, 1.165) is 0 Å². The average molecular weight is 589 g/mol. The molecule has 2 nitrogen and oxygen atoms in total. The molecular weight excluding hydrogens is 565 g/mol. The van der Waals surface area contributed by atoms with Crippen LogP contribution in [0.5, 0.6) is 0 Å². The van der Waals surface area contributed by atoms with Crippen molar-refractivity contribution in [1.29, 1.82) is 0 Å². The third-order valence-corrected chi connectivity index (χ3v) is 11.1. The van der Waals surface area contributed by atoms with Crippen molar-refractivity contribution in [3.05, 3.63) is 146 Å². The fourth-order valence-electron chi connectivity index (χ4n) is 7.97. The molecule has 0 atom stereocenters. The average Bonchev–Trinajstić information content (AvgIpc) is 3.75. The van der Waals surface area contributed by atoms with Gasteiger partial charge in [-0.2, -0.15) is 0 Å². The summed E-state index contributed by atoms with van der Waals surface area (Å²) in [7, 11) is 0. The van der Waals surface area contributed by atoms with Crippen LogP contribution in [0.3, 0.4) is 0 Å². The van der Waals surface area contributed by atoms with Gasteiger partial charge in [0.25, 0.3) is 0 Å². The van der Waals surface area contributed by atoms with E-state index in [1.807, 2.05) is 11.3 Å². The molecule has 0 saturated heterocycles. The van der Waals surface area contributed by atoms with Crippen LogP contribution in [0.15, 0.2) is 146 Å². The maximum atomic E-state index is 2.46. The quantitative estimate of drug-likeness (QED) is 0.167. The lowest BCUT2D eigenvalue weighted by atomic mass is 10.1. The Labute approximate surface area is 261 Å². The van der Waals surface area contributed by atoms with Crippen LogP contribution >= 0.6 is 11.3 Å². The van der Waals surface area contributed by atoms with E-state index in [1.54, 1.807) is 0 Å². The highest BCUT2D eigenvalue weighted by Gasteiger charge is 2.18. The number of fused-ring (bicyclic) bond motifs is 17. The van der Waals surface area contributed by atoms with Crippen LogP contribution in [-0.4, -0.2) is 8.80 Å². The standard InChI is InChI=1S/C42H24N2S/c1-3-19-35-33(13-1)39-37-21-22-38-40(39)34-14-2-4-20-36(34)44(38)28-12-6-10-26(24-28)30-16-8-18-32-31-17-7-15-29(41(31)45-42(30)32)25-9-5-11-27(23-25)43(35)37/h1-24H. The first kappa shape index (κ1) is 23.8. The summed E-state index contributed by atoms with van der Waals surface area (Å²) in [6, 6.07) is 54.2. The van der Waals surface area contributed by atoms with Crippen molar-refractivity contribution in [2.45, 2.75) is 0 Å². The summed E-state index contributed by atoms with van der Waals surface area (Å²) in [6.45, 7) is 0. The van der Waals surface area contributed by atoms with Gasteiger partial charge < -0.3 is 8.80 Å². The second-order valence-electron chi connectivity index (χ2n) is 12.1. The summed E-state index contributed by atoms with van der Waals surface area (Å²) in [5, 5.41) is 12.8. The Hall–Kier alpha value is -5.64. The number of thiophene rings is 1. The molecule has 0 N–H and O–H groups in total. The second kappa shape index (κ2) is 8.50. The summed E-state index contributed by atoms with van der Waals surface area (Å²) in [5.74, 6) is 0. The zero-order chi connectivity index (χ0) is 29.2. The summed E-state index contributed by atoms with van der Waals surface area (Å²) < 4.78 is 7.59. The topological polar surface area (TPSA) is 8.82 Å². The van der Waals surface area contributed by atoms with Crippen LogP contribution in [-0.2, 0) is 0 Å². The van der Waals surface area contributed by atoms with Crippen LogP contribution < -0.4 is 0 Å². The Morgan fingerprint density at radius 1 is 0.333 bits per heavy atom. The molecule has 0 spiro atoms. The van der Waals surface area contributed by atoms with Crippen molar-refractivity contribution >= 4 is 108 Å². The normalized spacial score (nSPS) is 12.4. The van der Waals surface area contributed by atoms with E-state index in [-0.39, 0.29) is 0 Å². The summed E-state index contributed by atoms with van der Waals surface area (Å²) >= 11 is 1.92. The van der Waals surface area contributed by atoms with Crippen molar-refractivity contribution in [3.8, 4) is 0 Å². The van der Waals surface area contributed by atoms with Gasteiger partial charge in [0.15, 0.2) is 0 Å². The number of benzene rings is 7. The molecule has 7 aromatic carbocycles. The van der Waals surface area contributed by atoms with Gasteiger partial charge in [-0.15, -0.1) is 11.3 Å². The lowest BCUT2D eigenvalue weighted by molar-refractivity contribution is 1.33. The van der Waals surface area contributed by atoms with E-state index in [4.69, 9.17) is 0 Å². The van der Waals surface area contributed by atoms with Crippen LogP contribution in [0.4, 0.5) is 0 Å². The molecule has 0 aliphatic heterocycles. The molecule has 11 rings (SSSR count).